The summed E-state index contributed by atoms with van der Waals surface area (Å²) in [5.41, 5.74) is 0. The highest BCUT2D eigenvalue weighted by atomic mass is 16.6. The Labute approximate surface area is 129 Å². The summed E-state index contributed by atoms with van der Waals surface area (Å²) in [6.45, 7) is 1.00. The van der Waals surface area contributed by atoms with Crippen LogP contribution < -0.4 is 0 Å². The van der Waals surface area contributed by atoms with Gasteiger partial charge in [0, 0.05) is 6.42 Å². The Balaban J connectivity index is 1.69. The number of carboxylic acids is 1. The third kappa shape index (κ3) is 13.9. The molecule has 0 aliphatic carbocycles. The molecule has 1 unspecified atom stereocenters. The fourth-order valence-electron chi connectivity index (χ4n) is 2.53. The van der Waals surface area contributed by atoms with Gasteiger partial charge in [-0.2, -0.15) is 0 Å². The fraction of sp³-hybridized carbons (Fsp3) is 0.833. The summed E-state index contributed by atoms with van der Waals surface area (Å²) in [5.74, 6) is -0.668. The zero-order valence-corrected chi connectivity index (χ0v) is 13.4. The Morgan fingerprint density at radius 3 is 2.00 bits per heavy atom. The molecular formula is C18H32O3. The number of carbonyl (C=O) groups is 1. The van der Waals surface area contributed by atoms with Crippen molar-refractivity contribution in [2.45, 2.75) is 89.6 Å². The summed E-state index contributed by atoms with van der Waals surface area (Å²) in [6, 6.07) is 0. The normalized spacial score (nSPS) is 17.4. The molecule has 1 fully saturated rings. The van der Waals surface area contributed by atoms with Crippen molar-refractivity contribution in [3.05, 3.63) is 12.2 Å². The second-order valence-corrected chi connectivity index (χ2v) is 6.12. The van der Waals surface area contributed by atoms with E-state index in [0.29, 0.717) is 12.5 Å². The predicted molar refractivity (Wildman–Crippen MR) is 86.5 cm³/mol. The molecule has 3 nitrogen and oxygen atoms in total. The molecule has 0 radical (unpaired) electrons. The maximum absolute atomic E-state index is 10.3. The number of allylic oxidation sites excluding steroid dienone is 2. The highest BCUT2D eigenvalue weighted by Gasteiger charge is 2.20. The van der Waals surface area contributed by atoms with E-state index in [1.54, 1.807) is 0 Å². The number of ether oxygens (including phenoxy) is 1. The van der Waals surface area contributed by atoms with E-state index in [-0.39, 0.29) is 0 Å². The maximum atomic E-state index is 10.3. The van der Waals surface area contributed by atoms with Crippen molar-refractivity contribution in [1.82, 2.24) is 0 Å². The van der Waals surface area contributed by atoms with Gasteiger partial charge in [-0.05, 0) is 38.5 Å². The quantitative estimate of drug-likeness (QED) is 0.260. The van der Waals surface area contributed by atoms with Gasteiger partial charge >= 0.3 is 5.97 Å². The number of carboxylic acid groups (broad SMARTS) is 1. The fourth-order valence-corrected chi connectivity index (χ4v) is 2.53. The number of epoxide rings is 1. The highest BCUT2D eigenvalue weighted by molar-refractivity contribution is 5.66. The first-order chi connectivity index (χ1) is 10.3. The Kier molecular flexibility index (Phi) is 11.2. The molecule has 0 aromatic carbocycles. The van der Waals surface area contributed by atoms with E-state index >= 15 is 0 Å². The zero-order valence-electron chi connectivity index (χ0n) is 13.4. The van der Waals surface area contributed by atoms with Gasteiger partial charge in [0.15, 0.2) is 0 Å². The van der Waals surface area contributed by atoms with Crippen molar-refractivity contribution >= 4 is 5.97 Å². The zero-order chi connectivity index (χ0) is 15.2. The smallest absolute Gasteiger partial charge is 0.303 e. The monoisotopic (exact) mass is 296 g/mol. The van der Waals surface area contributed by atoms with Crippen LogP contribution in [0.3, 0.4) is 0 Å². The van der Waals surface area contributed by atoms with Gasteiger partial charge in [-0.25, -0.2) is 0 Å². The van der Waals surface area contributed by atoms with Gasteiger partial charge in [0.25, 0.3) is 0 Å². The lowest BCUT2D eigenvalue weighted by atomic mass is 10.1. The van der Waals surface area contributed by atoms with E-state index in [0.717, 1.165) is 19.4 Å². The molecule has 1 heterocycles. The van der Waals surface area contributed by atoms with Gasteiger partial charge in [-0.3, -0.25) is 4.79 Å². The number of hydrogen-bond acceptors (Lipinski definition) is 2. The molecule has 0 aromatic heterocycles. The van der Waals surface area contributed by atoms with Crippen LogP contribution in [-0.2, 0) is 9.53 Å². The Bertz CT molecular complexity index is 282. The van der Waals surface area contributed by atoms with Crippen molar-refractivity contribution in [3.8, 4) is 0 Å². The van der Waals surface area contributed by atoms with Crippen LogP contribution in [0.4, 0.5) is 0 Å². The summed E-state index contributed by atoms with van der Waals surface area (Å²) in [4.78, 5) is 10.3. The molecule has 1 atom stereocenters. The molecule has 3 heteroatoms. The molecule has 1 rings (SSSR count). The Morgan fingerprint density at radius 2 is 1.43 bits per heavy atom. The van der Waals surface area contributed by atoms with Crippen molar-refractivity contribution in [3.63, 3.8) is 0 Å². The van der Waals surface area contributed by atoms with Crippen molar-refractivity contribution in [1.29, 1.82) is 0 Å². The number of rotatable bonds is 15. The second kappa shape index (κ2) is 12.9. The standard InChI is InChI=1S/C18H32O3/c19-18(20)15-13-11-9-7-5-3-1-2-4-6-8-10-12-14-17-16-21-17/h1-2,17H,3-16H2,(H,19,20)/b2-1-. The van der Waals surface area contributed by atoms with Gasteiger partial charge in [0.1, 0.15) is 0 Å². The lowest BCUT2D eigenvalue weighted by Gasteiger charge is -1.99. The van der Waals surface area contributed by atoms with Gasteiger partial charge < -0.3 is 9.84 Å². The lowest BCUT2D eigenvalue weighted by Crippen LogP contribution is -1.93. The number of aliphatic carboxylic acids is 1. The average molecular weight is 296 g/mol. The summed E-state index contributed by atoms with van der Waals surface area (Å²) in [5, 5.41) is 8.52. The molecule has 1 N–H and O–H groups in total. The molecule has 1 aliphatic rings. The molecule has 0 saturated carbocycles. The highest BCUT2D eigenvalue weighted by Crippen LogP contribution is 2.17. The second-order valence-electron chi connectivity index (χ2n) is 6.12. The Hall–Kier alpha value is -0.830. The lowest BCUT2D eigenvalue weighted by molar-refractivity contribution is -0.137. The first-order valence-electron chi connectivity index (χ1n) is 8.77. The minimum Gasteiger partial charge on any atom is -0.481 e. The largest absolute Gasteiger partial charge is 0.481 e. The first kappa shape index (κ1) is 18.2. The van der Waals surface area contributed by atoms with Crippen molar-refractivity contribution < 1.29 is 14.6 Å². The third-order valence-electron chi connectivity index (χ3n) is 3.98. The van der Waals surface area contributed by atoms with Crippen LogP contribution >= 0.6 is 0 Å². The predicted octanol–water partition coefficient (Wildman–Crippen LogP) is 5.10. The van der Waals surface area contributed by atoms with E-state index in [4.69, 9.17) is 9.84 Å². The molecule has 21 heavy (non-hydrogen) atoms. The Morgan fingerprint density at radius 1 is 0.905 bits per heavy atom. The van der Waals surface area contributed by atoms with E-state index in [1.165, 1.54) is 64.2 Å². The molecule has 0 amide bonds. The van der Waals surface area contributed by atoms with Crippen LogP contribution in [0.5, 0.6) is 0 Å². The SMILES string of the molecule is O=C(O)CCCCCCC/C=C\CCCCCCC1CO1. The maximum Gasteiger partial charge on any atom is 0.303 e. The van der Waals surface area contributed by atoms with Crippen molar-refractivity contribution in [2.24, 2.45) is 0 Å². The van der Waals surface area contributed by atoms with E-state index in [1.807, 2.05) is 0 Å². The van der Waals surface area contributed by atoms with Gasteiger partial charge in [-0.1, -0.05) is 50.7 Å². The van der Waals surface area contributed by atoms with Gasteiger partial charge in [0.2, 0.25) is 0 Å². The number of hydrogen-bond donors (Lipinski definition) is 1. The van der Waals surface area contributed by atoms with Gasteiger partial charge in [0.05, 0.1) is 12.7 Å². The number of unbranched alkanes of at least 4 members (excludes halogenated alkanes) is 9. The average Bonchev–Trinajstić information content (AvgIpc) is 3.27. The molecule has 0 spiro atoms. The van der Waals surface area contributed by atoms with Crippen LogP contribution in [0.2, 0.25) is 0 Å². The van der Waals surface area contributed by atoms with E-state index < -0.39 is 5.97 Å². The van der Waals surface area contributed by atoms with E-state index in [9.17, 15) is 4.79 Å². The minimum absolute atomic E-state index is 0.327. The molecular weight excluding hydrogens is 264 g/mol. The minimum atomic E-state index is -0.668. The summed E-state index contributed by atoms with van der Waals surface area (Å²) in [6.07, 6.45) is 20.1. The summed E-state index contributed by atoms with van der Waals surface area (Å²) >= 11 is 0. The molecule has 0 bridgehead atoms. The first-order valence-corrected chi connectivity index (χ1v) is 8.77. The third-order valence-corrected chi connectivity index (χ3v) is 3.98. The van der Waals surface area contributed by atoms with Crippen LogP contribution in [0.15, 0.2) is 12.2 Å². The van der Waals surface area contributed by atoms with Crippen molar-refractivity contribution in [2.75, 3.05) is 6.61 Å². The summed E-state index contributed by atoms with van der Waals surface area (Å²) in [7, 11) is 0. The van der Waals surface area contributed by atoms with Crippen LogP contribution in [0.1, 0.15) is 83.5 Å². The molecule has 1 saturated heterocycles. The molecule has 1 aliphatic heterocycles. The summed E-state index contributed by atoms with van der Waals surface area (Å²) < 4.78 is 5.20. The van der Waals surface area contributed by atoms with Crippen LogP contribution in [-0.4, -0.2) is 23.8 Å². The topological polar surface area (TPSA) is 49.8 Å². The van der Waals surface area contributed by atoms with E-state index in [2.05, 4.69) is 12.2 Å². The van der Waals surface area contributed by atoms with Crippen LogP contribution in [0.25, 0.3) is 0 Å². The molecule has 122 valence electrons. The molecule has 0 aromatic rings. The van der Waals surface area contributed by atoms with Crippen LogP contribution in [0, 0.1) is 0 Å². The van der Waals surface area contributed by atoms with Gasteiger partial charge in [-0.15, -0.1) is 0 Å².